The first-order valence-corrected chi connectivity index (χ1v) is 29.5. The van der Waals surface area contributed by atoms with Gasteiger partial charge in [0.05, 0.1) is 41.5 Å². The van der Waals surface area contributed by atoms with Gasteiger partial charge in [-0.15, -0.1) is 11.3 Å². The molecule has 416 valence electrons. The fourth-order valence-electron chi connectivity index (χ4n) is 10.6. The van der Waals surface area contributed by atoms with E-state index in [4.69, 9.17) is 22.6 Å². The lowest BCUT2D eigenvalue weighted by molar-refractivity contribution is 0.590. The maximum absolute atomic E-state index is 9.64. The van der Waals surface area contributed by atoms with Gasteiger partial charge >= 0.3 is 0 Å². The van der Waals surface area contributed by atoms with E-state index in [1.165, 1.54) is 22.5 Å². The molecule has 0 atom stereocenters. The largest absolute Gasteiger partial charge is 0.310 e. The molecule has 0 saturated carbocycles. The second-order valence-corrected chi connectivity index (χ2v) is 26.7. The van der Waals surface area contributed by atoms with E-state index in [1.807, 2.05) is 70.9 Å². The highest BCUT2D eigenvalue weighted by Crippen LogP contribution is 2.54. The summed E-state index contributed by atoms with van der Waals surface area (Å²) in [6.07, 6.45) is 0. The first-order valence-electron chi connectivity index (χ1n) is 33.3. The Morgan fingerprint density at radius 2 is 0.783 bits per heavy atom. The van der Waals surface area contributed by atoms with Crippen molar-refractivity contribution in [2.75, 3.05) is 14.7 Å². The van der Waals surface area contributed by atoms with Crippen LogP contribution in [-0.4, -0.2) is 0 Å². The molecule has 0 aliphatic rings. The number of nitrogens with zero attached hydrogens (tertiary/aromatic N) is 3. The van der Waals surface area contributed by atoms with Gasteiger partial charge in [-0.05, 0) is 163 Å². The summed E-state index contributed by atoms with van der Waals surface area (Å²) in [5, 5.41) is 2.91. The highest BCUT2D eigenvalue weighted by Gasteiger charge is 2.30. The highest BCUT2D eigenvalue weighted by atomic mass is 35.5. The molecule has 11 rings (SSSR count). The normalized spacial score (nSPS) is 13.8. The Morgan fingerprint density at radius 1 is 0.337 bits per heavy atom. The van der Waals surface area contributed by atoms with E-state index in [2.05, 4.69) is 196 Å². The van der Waals surface area contributed by atoms with Gasteiger partial charge in [-0.2, -0.15) is 0 Å². The van der Waals surface area contributed by atoms with Gasteiger partial charge in [0.1, 0.15) is 0 Å². The first-order chi connectivity index (χ1) is 43.7. The Morgan fingerprint density at radius 3 is 1.28 bits per heavy atom. The molecule has 83 heavy (non-hydrogen) atoms. The standard InChI is InChI=1S/C78H76ClN3S/c1-75(2,3)58-32-39-62(40-33-58)80(63-41-34-59(35-42-63)76(4,5)6)65-29-22-30-66(51-65)82(69-45-38-61(78(10,11)12)50-67(69)55-27-20-15-21-28-55)71-49-57(54-25-18-14-19-26-54)48-70(74(71)79)81(64-43-36-60(37-44-64)77(7,8)9)72-52-83-73-46-31-56(47-68(72)73)53-23-16-13-17-24-53/h13-52H,1-12H3/i13D,14D,16D,17D,18D,19D,23D,24D,25D,26D. The van der Waals surface area contributed by atoms with Gasteiger partial charge in [-0.1, -0.05) is 240 Å². The number of fused-ring (bicyclic) bond motifs is 1. The van der Waals surface area contributed by atoms with Crippen molar-refractivity contribution in [3.63, 3.8) is 0 Å². The van der Waals surface area contributed by atoms with E-state index in [1.54, 1.807) is 12.1 Å². The Kier molecular flexibility index (Phi) is 12.3. The molecule has 0 spiro atoms. The highest BCUT2D eigenvalue weighted by molar-refractivity contribution is 7.17. The maximum Gasteiger partial charge on any atom is 0.0887 e. The van der Waals surface area contributed by atoms with Crippen molar-refractivity contribution in [3.8, 4) is 33.4 Å². The molecule has 5 heteroatoms. The molecule has 0 saturated heterocycles. The molecule has 0 aliphatic heterocycles. The zero-order valence-corrected chi connectivity index (χ0v) is 51.0. The Balaban J connectivity index is 1.27. The third-order valence-electron chi connectivity index (χ3n) is 15.4. The number of anilines is 9. The fourth-order valence-corrected chi connectivity index (χ4v) is 11.8. The van der Waals surface area contributed by atoms with Crippen LogP contribution < -0.4 is 14.7 Å². The van der Waals surface area contributed by atoms with E-state index >= 15 is 0 Å². The number of thiophene rings is 1. The minimum absolute atomic E-state index is 0.0366. The minimum atomic E-state index is -0.529. The number of halogens is 1. The topological polar surface area (TPSA) is 9.72 Å². The van der Waals surface area contributed by atoms with Gasteiger partial charge in [0.15, 0.2) is 0 Å². The summed E-state index contributed by atoms with van der Waals surface area (Å²) in [4.78, 5) is 6.39. The predicted octanol–water partition coefficient (Wildman–Crippen LogP) is 24.2. The van der Waals surface area contributed by atoms with Crippen molar-refractivity contribution in [2.45, 2.75) is 105 Å². The van der Waals surface area contributed by atoms with Crippen LogP contribution in [0.1, 0.15) is 119 Å². The molecule has 10 aromatic carbocycles. The number of hydrogen-bond acceptors (Lipinski definition) is 4. The summed E-state index contributed by atoms with van der Waals surface area (Å²) < 4.78 is 90.9. The first kappa shape index (κ1) is 45.4. The third-order valence-corrected chi connectivity index (χ3v) is 16.7. The molecular formula is C78H76ClN3S. The van der Waals surface area contributed by atoms with Crippen molar-refractivity contribution in [2.24, 2.45) is 0 Å². The molecule has 1 heterocycles. The van der Waals surface area contributed by atoms with Crippen molar-refractivity contribution >= 4 is 84.2 Å². The summed E-state index contributed by atoms with van der Waals surface area (Å²) >= 11 is 9.93. The molecule has 11 aromatic rings. The van der Waals surface area contributed by atoms with Gasteiger partial charge in [-0.3, -0.25) is 0 Å². The van der Waals surface area contributed by atoms with Gasteiger partial charge in [0.25, 0.3) is 0 Å². The van der Waals surface area contributed by atoms with Crippen LogP contribution in [0, 0.1) is 0 Å². The molecule has 0 unspecified atom stereocenters. The van der Waals surface area contributed by atoms with E-state index < -0.39 is 48.3 Å². The van der Waals surface area contributed by atoms with Crippen LogP contribution in [0.5, 0.6) is 0 Å². The second kappa shape index (κ2) is 22.5. The molecular weight excluding hydrogens is 1050 g/mol. The molecule has 0 aliphatic carbocycles. The van der Waals surface area contributed by atoms with Crippen molar-refractivity contribution in [1.29, 1.82) is 0 Å². The van der Waals surface area contributed by atoms with Gasteiger partial charge in [0, 0.05) is 49.5 Å². The molecule has 0 bridgehead atoms. The zero-order valence-electron chi connectivity index (χ0n) is 59.4. The van der Waals surface area contributed by atoms with E-state index in [0.717, 1.165) is 49.7 Å². The molecule has 0 radical (unpaired) electrons. The van der Waals surface area contributed by atoms with Gasteiger partial charge in [-0.25, -0.2) is 0 Å². The van der Waals surface area contributed by atoms with Crippen molar-refractivity contribution < 1.29 is 13.7 Å². The Hall–Kier alpha value is -8.15. The van der Waals surface area contributed by atoms with Gasteiger partial charge < -0.3 is 14.7 Å². The lowest BCUT2D eigenvalue weighted by atomic mass is 9.84. The van der Waals surface area contributed by atoms with Crippen molar-refractivity contribution in [3.05, 3.63) is 269 Å². The summed E-state index contributed by atoms with van der Waals surface area (Å²) in [6, 6.07) is 55.3. The average Bonchev–Trinajstić information content (AvgIpc) is 1.68. The lowest BCUT2D eigenvalue weighted by Gasteiger charge is -2.34. The molecule has 0 amide bonds. The van der Waals surface area contributed by atoms with Crippen LogP contribution in [0.2, 0.25) is 5.02 Å². The predicted molar refractivity (Wildman–Crippen MR) is 362 cm³/mol. The zero-order chi connectivity index (χ0) is 67.1. The van der Waals surface area contributed by atoms with Crippen LogP contribution in [0.4, 0.5) is 51.2 Å². The van der Waals surface area contributed by atoms with E-state index in [-0.39, 0.29) is 55.5 Å². The molecule has 0 N–H and O–H groups in total. The Bertz CT molecular complexity index is 4560. The molecule has 0 fully saturated rings. The quantitative estimate of drug-likeness (QED) is 0.121. The van der Waals surface area contributed by atoms with Crippen LogP contribution in [0.15, 0.2) is 242 Å². The summed E-state index contributed by atoms with van der Waals surface area (Å²) in [6.45, 7) is 26.2. The van der Waals surface area contributed by atoms with Crippen LogP contribution in [0.25, 0.3) is 43.5 Å². The fraction of sp³-hybridized carbons (Fsp3) is 0.205. The average molecular weight is 1130 g/mol. The number of hydrogen-bond donors (Lipinski definition) is 0. The SMILES string of the molecule is [2H]c1c([2H])c([2H])c(-c2cc(N(c3cccc(N(c4ccc(C(C)(C)C)cc4)c4ccc(C(C)(C)C)cc4)c3)c3ccc(C(C)(C)C)cc3-c3ccccc3)c(Cl)c(N(c3ccc(C(C)(C)C)cc3)c3csc4ccc(-c5c([2H])c([2H])c([2H])c([2H])c5[2H])cc34)c2)c([2H])c1[2H]. The third kappa shape index (κ3) is 11.9. The number of benzene rings is 10. The van der Waals surface area contributed by atoms with Crippen molar-refractivity contribution in [1.82, 2.24) is 0 Å². The van der Waals surface area contributed by atoms with Crippen LogP contribution in [-0.2, 0) is 21.7 Å². The molecule has 3 nitrogen and oxygen atoms in total. The lowest BCUT2D eigenvalue weighted by Crippen LogP contribution is -2.18. The summed E-state index contributed by atoms with van der Waals surface area (Å²) in [7, 11) is 0. The van der Waals surface area contributed by atoms with Crippen LogP contribution >= 0.6 is 22.9 Å². The molecule has 1 aromatic heterocycles. The Labute approximate surface area is 517 Å². The number of rotatable bonds is 12. The summed E-state index contributed by atoms with van der Waals surface area (Å²) in [5.74, 6) is 0. The maximum atomic E-state index is 9.64. The summed E-state index contributed by atoms with van der Waals surface area (Å²) in [5.41, 5.74) is 12.5. The van der Waals surface area contributed by atoms with Gasteiger partial charge in [0.2, 0.25) is 0 Å². The van der Waals surface area contributed by atoms with Crippen LogP contribution in [0.3, 0.4) is 0 Å². The smallest absolute Gasteiger partial charge is 0.0887 e. The minimum Gasteiger partial charge on any atom is -0.310 e. The van der Waals surface area contributed by atoms with E-state index in [9.17, 15) is 2.74 Å². The monoisotopic (exact) mass is 1130 g/mol. The van der Waals surface area contributed by atoms with E-state index in [0.29, 0.717) is 39.4 Å². The second-order valence-electron chi connectivity index (χ2n) is 25.4.